The summed E-state index contributed by atoms with van der Waals surface area (Å²) in [5, 5.41) is 0. The third-order valence-electron chi connectivity index (χ3n) is 0. The summed E-state index contributed by atoms with van der Waals surface area (Å²) in [6.45, 7) is 0. The van der Waals surface area contributed by atoms with E-state index in [9.17, 15) is 0 Å². The fraction of sp³-hybridized carbons (Fsp3) is 0. The zero-order valence-corrected chi connectivity index (χ0v) is 15.9. The molecule has 0 unspecified atom stereocenters. The van der Waals surface area contributed by atoms with Crippen molar-refractivity contribution in [1.82, 2.24) is 0 Å². The number of hydrogen-bond acceptors (Lipinski definition) is 1. The molecule has 0 rings (SSSR count). The SMILES string of the molecule is [Al].[Ba].[Ca].[O]=[W].[Sc]. The molecule has 0 fully saturated rings. The van der Waals surface area contributed by atoms with Gasteiger partial charge in [-0.2, -0.15) is 0 Å². The monoisotopic (exact) mass is 450 g/mol. The summed E-state index contributed by atoms with van der Waals surface area (Å²) in [5.41, 5.74) is 0. The van der Waals surface area contributed by atoms with E-state index in [1.807, 2.05) is 0 Å². The molecule has 6 heteroatoms. The van der Waals surface area contributed by atoms with Crippen LogP contribution in [-0.4, -0.2) is 104 Å². The third-order valence-corrected chi connectivity index (χ3v) is 0. The molecule has 0 aromatic heterocycles. The van der Waals surface area contributed by atoms with E-state index in [1.165, 1.54) is 0 Å². The minimum Gasteiger partial charge on any atom is 0 e. The van der Waals surface area contributed by atoms with Crippen molar-refractivity contribution in [1.29, 1.82) is 0 Å². The van der Waals surface area contributed by atoms with Crippen molar-refractivity contribution in [2.24, 2.45) is 0 Å². The van der Waals surface area contributed by atoms with Crippen molar-refractivity contribution in [3.63, 3.8) is 0 Å². The molecule has 0 saturated carbocycles. The van der Waals surface area contributed by atoms with Crippen LogP contribution in [0.15, 0.2) is 0 Å². The van der Waals surface area contributed by atoms with Gasteiger partial charge in [0.05, 0.1) is 0 Å². The first-order valence-electron chi connectivity index (χ1n) is 0.167. The Morgan fingerprint density at radius 2 is 1.17 bits per heavy atom. The average molecular weight is 449 g/mol. The molecule has 1 nitrogen and oxygen atoms in total. The van der Waals surface area contributed by atoms with Crippen molar-refractivity contribution >= 4 is 104 Å². The largest absolute Gasteiger partial charge is 0 e. The van der Waals surface area contributed by atoms with Crippen LogP contribution in [0.3, 0.4) is 0 Å². The predicted octanol–water partition coefficient (Wildman–Crippen LogP) is -1.27. The molecule has 0 aliphatic rings. The van der Waals surface area contributed by atoms with Gasteiger partial charge < -0.3 is 0 Å². The van der Waals surface area contributed by atoms with Crippen LogP contribution in [0.1, 0.15) is 0 Å². The van der Waals surface area contributed by atoms with Crippen molar-refractivity contribution in [2.75, 3.05) is 0 Å². The molecule has 0 aromatic carbocycles. The second-order valence-corrected chi connectivity index (χ2v) is 0. The first-order chi connectivity index (χ1) is 1.00. The van der Waals surface area contributed by atoms with Crippen LogP contribution in [0.5, 0.6) is 0 Å². The van der Waals surface area contributed by atoms with Crippen molar-refractivity contribution in [3.05, 3.63) is 0 Å². The summed E-state index contributed by atoms with van der Waals surface area (Å²) < 4.78 is 8.33. The summed E-state index contributed by atoms with van der Waals surface area (Å²) in [6.07, 6.45) is 0. The van der Waals surface area contributed by atoms with E-state index < -0.39 is 0 Å². The standard InChI is InChI=1S/Al.Ba.Ca.O.Sc.W. The van der Waals surface area contributed by atoms with Gasteiger partial charge in [-0.05, 0) is 0 Å². The van der Waals surface area contributed by atoms with Crippen molar-refractivity contribution in [3.8, 4) is 0 Å². The first kappa shape index (κ1) is 31.0. The molecule has 0 atom stereocenters. The van der Waals surface area contributed by atoms with Gasteiger partial charge in [0.15, 0.2) is 0 Å². The molecule has 0 aliphatic heterocycles. The summed E-state index contributed by atoms with van der Waals surface area (Å²) in [5.74, 6) is 0. The van der Waals surface area contributed by atoms with Gasteiger partial charge in [-0.15, -0.1) is 0 Å². The van der Waals surface area contributed by atoms with Gasteiger partial charge >= 0.3 is 23.2 Å². The third kappa shape index (κ3) is 23.3. The van der Waals surface area contributed by atoms with Crippen LogP contribution in [0.25, 0.3) is 0 Å². The second kappa shape index (κ2) is 33.2. The fourth-order valence-electron chi connectivity index (χ4n) is 0. The van der Waals surface area contributed by atoms with Gasteiger partial charge in [0.2, 0.25) is 0 Å². The van der Waals surface area contributed by atoms with E-state index >= 15 is 0 Å². The van der Waals surface area contributed by atoms with Crippen LogP contribution >= 0.6 is 0 Å². The van der Waals surface area contributed by atoms with E-state index in [-0.39, 0.29) is 130 Å². The summed E-state index contributed by atoms with van der Waals surface area (Å²) in [6, 6.07) is 0. The van der Waals surface area contributed by atoms with E-state index in [1.54, 1.807) is 0 Å². The summed E-state index contributed by atoms with van der Waals surface area (Å²) in [7, 11) is 0. The molecule has 0 aliphatic carbocycles. The van der Waals surface area contributed by atoms with Crippen LogP contribution in [0.4, 0.5) is 0 Å². The maximum Gasteiger partial charge on any atom is 0 e. The summed E-state index contributed by atoms with van der Waals surface area (Å²) >= 11 is 0.333. The quantitative estimate of drug-likeness (QED) is 0.422. The molecular weight excluding hydrogens is 449 g/mol. The van der Waals surface area contributed by atoms with Gasteiger partial charge in [-0.3, -0.25) is 0 Å². The topological polar surface area (TPSA) is 17.1 Å². The second-order valence-electron chi connectivity index (χ2n) is 0. The smallest absolute Gasteiger partial charge is 0 e. The molecule has 0 N–H and O–H groups in total. The predicted molar refractivity (Wildman–Crippen MR) is 17.9 cm³/mol. The van der Waals surface area contributed by atoms with Crippen LogP contribution in [-0.2, 0) is 49.0 Å². The van der Waals surface area contributed by atoms with E-state index in [0.29, 0.717) is 19.8 Å². The van der Waals surface area contributed by atoms with Gasteiger partial charge in [-0.25, -0.2) is 0 Å². The van der Waals surface area contributed by atoms with Crippen LogP contribution < -0.4 is 0 Å². The minimum atomic E-state index is 0. The van der Waals surface area contributed by atoms with Gasteiger partial charge in [0.1, 0.15) is 0 Å². The molecule has 22 valence electrons. The molecule has 8 radical (unpaired) electrons. The zero-order chi connectivity index (χ0) is 2.00. The Kier molecular flexibility index (Phi) is 171. The zero-order valence-electron chi connectivity index (χ0n) is 3.39. The molecule has 0 bridgehead atoms. The first-order valence-corrected chi connectivity index (χ1v) is 1.36. The Bertz CT molecular complexity index is 15.5. The minimum absolute atomic E-state index is 0. The molecule has 6 heavy (non-hydrogen) atoms. The maximum absolute atomic E-state index is 8.33. The van der Waals surface area contributed by atoms with Crippen molar-refractivity contribution in [2.45, 2.75) is 0 Å². The Labute approximate surface area is 148 Å². The molecule has 0 spiro atoms. The molecule has 0 saturated heterocycles. The molecule has 0 aromatic rings. The number of hydrogen-bond donors (Lipinski definition) is 0. The Morgan fingerprint density at radius 3 is 1.17 bits per heavy atom. The summed E-state index contributed by atoms with van der Waals surface area (Å²) in [4.78, 5) is 0. The van der Waals surface area contributed by atoms with Crippen LogP contribution in [0, 0.1) is 0 Å². The molecular formula is AlBaCaOScW. The molecule has 0 heterocycles. The Balaban J connectivity index is -0.000000000833. The van der Waals surface area contributed by atoms with Crippen LogP contribution in [0.2, 0.25) is 0 Å². The normalized spacial score (nSPS) is 0.667. The molecule has 0 amide bonds. The van der Waals surface area contributed by atoms with Gasteiger partial charge in [-0.1, -0.05) is 0 Å². The van der Waals surface area contributed by atoms with Gasteiger partial charge in [0.25, 0.3) is 0 Å². The van der Waals surface area contributed by atoms with Crippen molar-refractivity contribution < 1.29 is 49.0 Å². The number of rotatable bonds is 0. The average Bonchev–Trinajstić information content (AvgIpc) is 1.00. The van der Waals surface area contributed by atoms with E-state index in [0.717, 1.165) is 0 Å². The van der Waals surface area contributed by atoms with E-state index in [4.69, 9.17) is 3.40 Å². The maximum atomic E-state index is 8.33. The van der Waals surface area contributed by atoms with E-state index in [2.05, 4.69) is 0 Å². The fourth-order valence-corrected chi connectivity index (χ4v) is 0. The Morgan fingerprint density at radius 1 is 1.17 bits per heavy atom. The van der Waals surface area contributed by atoms with Gasteiger partial charge in [0, 0.05) is 130 Å². The Hall–Kier alpha value is 4.72.